The molecule has 1 aliphatic rings. The molecule has 0 bridgehead atoms. The van der Waals surface area contributed by atoms with Crippen molar-refractivity contribution in [3.63, 3.8) is 0 Å². The molecule has 1 N–H and O–H groups in total. The fourth-order valence-corrected chi connectivity index (χ4v) is 2.65. The van der Waals surface area contributed by atoms with Gasteiger partial charge < -0.3 is 19.7 Å². The zero-order chi connectivity index (χ0) is 16.5. The minimum atomic E-state index is -0.000826. The first-order chi connectivity index (χ1) is 11.2. The van der Waals surface area contributed by atoms with E-state index < -0.39 is 0 Å². The van der Waals surface area contributed by atoms with Gasteiger partial charge in [0.15, 0.2) is 0 Å². The molecule has 0 radical (unpaired) electrons. The van der Waals surface area contributed by atoms with Gasteiger partial charge in [0.2, 0.25) is 0 Å². The molecule has 128 valence electrons. The van der Waals surface area contributed by atoms with Crippen molar-refractivity contribution in [3.8, 4) is 0 Å². The number of hydrogen-bond donors (Lipinski definition) is 1. The number of amides is 2. The molecular formula is C18H28N2O3. The minimum Gasteiger partial charge on any atom is -0.380 e. The van der Waals surface area contributed by atoms with E-state index in [0.29, 0.717) is 26.3 Å². The molecule has 1 saturated heterocycles. The first-order valence-corrected chi connectivity index (χ1v) is 8.47. The summed E-state index contributed by atoms with van der Waals surface area (Å²) in [5, 5.41) is 2.98. The molecule has 1 aromatic rings. The van der Waals surface area contributed by atoms with Crippen molar-refractivity contribution in [3.05, 3.63) is 35.9 Å². The van der Waals surface area contributed by atoms with E-state index in [1.807, 2.05) is 30.0 Å². The molecule has 2 amide bonds. The fraction of sp³-hybridized carbons (Fsp3) is 0.611. The topological polar surface area (TPSA) is 50.8 Å². The molecule has 5 nitrogen and oxygen atoms in total. The molecule has 0 aliphatic carbocycles. The lowest BCUT2D eigenvalue weighted by Crippen LogP contribution is -2.45. The highest BCUT2D eigenvalue weighted by atomic mass is 16.5. The SMILES string of the molecule is C[C@@H]1CCOCCN1C(=O)NCCCO[C@H](C)c1ccccc1. The second kappa shape index (κ2) is 9.53. The monoisotopic (exact) mass is 320 g/mol. The summed E-state index contributed by atoms with van der Waals surface area (Å²) >= 11 is 0. The normalized spacial score (nSPS) is 19.9. The van der Waals surface area contributed by atoms with Crippen LogP contribution in [0.2, 0.25) is 0 Å². The number of carbonyl (C=O) groups excluding carboxylic acids is 1. The minimum absolute atomic E-state index is 0.000826. The number of urea groups is 1. The molecule has 1 aliphatic heterocycles. The van der Waals surface area contributed by atoms with E-state index in [4.69, 9.17) is 9.47 Å². The number of rotatable bonds is 6. The Kier molecular flexibility index (Phi) is 7.36. The molecule has 2 rings (SSSR count). The molecule has 0 saturated carbocycles. The quantitative estimate of drug-likeness (QED) is 0.820. The van der Waals surface area contributed by atoms with Gasteiger partial charge in [0, 0.05) is 32.3 Å². The third-order valence-corrected chi connectivity index (χ3v) is 4.18. The van der Waals surface area contributed by atoms with Gasteiger partial charge in [0.25, 0.3) is 0 Å². The van der Waals surface area contributed by atoms with Gasteiger partial charge in [0.05, 0.1) is 12.7 Å². The van der Waals surface area contributed by atoms with Gasteiger partial charge in [0.1, 0.15) is 0 Å². The molecule has 0 aromatic heterocycles. The molecule has 1 fully saturated rings. The number of benzene rings is 1. The van der Waals surface area contributed by atoms with Crippen LogP contribution < -0.4 is 5.32 Å². The van der Waals surface area contributed by atoms with Crippen LogP contribution in [0.15, 0.2) is 30.3 Å². The van der Waals surface area contributed by atoms with Crippen molar-refractivity contribution in [2.75, 3.05) is 32.9 Å². The van der Waals surface area contributed by atoms with E-state index in [9.17, 15) is 4.79 Å². The van der Waals surface area contributed by atoms with Crippen molar-refractivity contribution in [1.29, 1.82) is 0 Å². The molecule has 0 spiro atoms. The largest absolute Gasteiger partial charge is 0.380 e. The van der Waals surface area contributed by atoms with Crippen LogP contribution >= 0.6 is 0 Å². The Bertz CT molecular complexity index is 467. The van der Waals surface area contributed by atoms with Crippen LogP contribution in [-0.2, 0) is 9.47 Å². The molecule has 5 heteroatoms. The van der Waals surface area contributed by atoms with Crippen molar-refractivity contribution >= 4 is 6.03 Å². The molecule has 1 aromatic carbocycles. The maximum Gasteiger partial charge on any atom is 0.317 e. The van der Waals surface area contributed by atoms with Crippen molar-refractivity contribution in [2.24, 2.45) is 0 Å². The molecule has 23 heavy (non-hydrogen) atoms. The maximum absolute atomic E-state index is 12.2. The lowest BCUT2D eigenvalue weighted by atomic mass is 10.1. The van der Waals surface area contributed by atoms with Gasteiger partial charge in [-0.1, -0.05) is 30.3 Å². The smallest absolute Gasteiger partial charge is 0.317 e. The predicted octanol–water partition coefficient (Wildman–Crippen LogP) is 2.97. The highest BCUT2D eigenvalue weighted by Crippen LogP contribution is 2.15. The molecule has 2 atom stereocenters. The van der Waals surface area contributed by atoms with Crippen molar-refractivity contribution in [2.45, 2.75) is 38.8 Å². The van der Waals surface area contributed by atoms with E-state index in [1.165, 1.54) is 5.56 Å². The second-order valence-electron chi connectivity index (χ2n) is 5.95. The van der Waals surface area contributed by atoms with Crippen LogP contribution in [0.4, 0.5) is 4.79 Å². The fourth-order valence-electron chi connectivity index (χ4n) is 2.65. The summed E-state index contributed by atoms with van der Waals surface area (Å²) in [5.74, 6) is 0. The Morgan fingerprint density at radius 1 is 1.39 bits per heavy atom. The number of ether oxygens (including phenoxy) is 2. The second-order valence-corrected chi connectivity index (χ2v) is 5.95. The third kappa shape index (κ3) is 5.84. The average molecular weight is 320 g/mol. The van der Waals surface area contributed by atoms with E-state index in [2.05, 4.69) is 24.4 Å². The Hall–Kier alpha value is -1.59. The van der Waals surface area contributed by atoms with Gasteiger partial charge in [-0.25, -0.2) is 4.79 Å². The van der Waals surface area contributed by atoms with Crippen LogP contribution in [0.3, 0.4) is 0 Å². The van der Waals surface area contributed by atoms with E-state index in [0.717, 1.165) is 19.4 Å². The molecule has 0 unspecified atom stereocenters. The number of carbonyl (C=O) groups is 1. The number of nitrogens with zero attached hydrogens (tertiary/aromatic N) is 1. The number of nitrogens with one attached hydrogen (secondary N) is 1. The summed E-state index contributed by atoms with van der Waals surface area (Å²) < 4.78 is 11.2. The maximum atomic E-state index is 12.2. The third-order valence-electron chi connectivity index (χ3n) is 4.18. The zero-order valence-corrected chi connectivity index (χ0v) is 14.2. The zero-order valence-electron chi connectivity index (χ0n) is 14.2. The summed E-state index contributed by atoms with van der Waals surface area (Å²) in [5.41, 5.74) is 1.18. The summed E-state index contributed by atoms with van der Waals surface area (Å²) in [4.78, 5) is 14.1. The molecule has 1 heterocycles. The van der Waals surface area contributed by atoms with Crippen molar-refractivity contribution < 1.29 is 14.3 Å². The van der Waals surface area contributed by atoms with Crippen LogP contribution in [0, 0.1) is 0 Å². The van der Waals surface area contributed by atoms with Crippen molar-refractivity contribution in [1.82, 2.24) is 10.2 Å². The Morgan fingerprint density at radius 3 is 2.96 bits per heavy atom. The molecular weight excluding hydrogens is 292 g/mol. The van der Waals surface area contributed by atoms with Gasteiger partial charge in [-0.3, -0.25) is 0 Å². The van der Waals surface area contributed by atoms with Crippen LogP contribution in [0.25, 0.3) is 0 Å². The Balaban J connectivity index is 1.62. The Morgan fingerprint density at radius 2 is 2.17 bits per heavy atom. The van der Waals surface area contributed by atoms with E-state index in [-0.39, 0.29) is 18.2 Å². The summed E-state index contributed by atoms with van der Waals surface area (Å²) in [7, 11) is 0. The van der Waals surface area contributed by atoms with Gasteiger partial charge in [-0.15, -0.1) is 0 Å². The van der Waals surface area contributed by atoms with Gasteiger partial charge in [-0.2, -0.15) is 0 Å². The van der Waals surface area contributed by atoms with Gasteiger partial charge >= 0.3 is 6.03 Å². The first-order valence-electron chi connectivity index (χ1n) is 8.47. The van der Waals surface area contributed by atoms with Crippen LogP contribution in [0.5, 0.6) is 0 Å². The van der Waals surface area contributed by atoms with E-state index in [1.54, 1.807) is 0 Å². The lowest BCUT2D eigenvalue weighted by Gasteiger charge is -2.26. The summed E-state index contributed by atoms with van der Waals surface area (Å²) in [6.07, 6.45) is 1.78. The highest BCUT2D eigenvalue weighted by molar-refractivity contribution is 5.74. The van der Waals surface area contributed by atoms with Gasteiger partial charge in [-0.05, 0) is 32.3 Å². The average Bonchev–Trinajstić information content (AvgIpc) is 2.79. The first kappa shape index (κ1) is 17.8. The standard InChI is InChI=1S/C18H28N2O3/c1-15-9-13-22-14-11-20(15)18(21)19-10-6-12-23-16(2)17-7-4-3-5-8-17/h3-5,7-8,15-16H,6,9-14H2,1-2H3,(H,19,21)/t15-,16-/m1/s1. The lowest BCUT2D eigenvalue weighted by molar-refractivity contribution is 0.0641. The van der Waals surface area contributed by atoms with Crippen LogP contribution in [-0.4, -0.2) is 49.9 Å². The predicted molar refractivity (Wildman–Crippen MR) is 90.4 cm³/mol. The highest BCUT2D eigenvalue weighted by Gasteiger charge is 2.21. The number of hydrogen-bond acceptors (Lipinski definition) is 3. The summed E-state index contributed by atoms with van der Waals surface area (Å²) in [6, 6.07) is 10.4. The Labute approximate surface area is 139 Å². The van der Waals surface area contributed by atoms with Crippen LogP contribution in [0.1, 0.15) is 38.4 Å². The van der Waals surface area contributed by atoms with E-state index >= 15 is 0 Å². The summed E-state index contributed by atoms with van der Waals surface area (Å²) in [6.45, 7) is 7.39.